The van der Waals surface area contributed by atoms with Crippen molar-refractivity contribution in [2.45, 2.75) is 57.6 Å². The molecular formula is C9H20S. The minimum absolute atomic E-state index is 0.337. The molecule has 10 heavy (non-hydrogen) atoms. The van der Waals surface area contributed by atoms with Gasteiger partial charge in [-0.2, -0.15) is 12.6 Å². The van der Waals surface area contributed by atoms with Crippen LogP contribution in [0.25, 0.3) is 0 Å². The third kappa shape index (κ3) is 3.50. The first-order valence-electron chi connectivity index (χ1n) is 4.41. The van der Waals surface area contributed by atoms with Gasteiger partial charge in [0.15, 0.2) is 0 Å². The second-order valence-electron chi connectivity index (χ2n) is 3.08. The molecule has 0 rings (SSSR count). The van der Waals surface area contributed by atoms with E-state index in [1.807, 2.05) is 0 Å². The van der Waals surface area contributed by atoms with Crippen molar-refractivity contribution in [3.8, 4) is 0 Å². The van der Waals surface area contributed by atoms with Crippen LogP contribution in [0.5, 0.6) is 0 Å². The normalized spacial score (nSPS) is 12.0. The van der Waals surface area contributed by atoms with Gasteiger partial charge >= 0.3 is 0 Å². The van der Waals surface area contributed by atoms with Crippen molar-refractivity contribution < 1.29 is 0 Å². The van der Waals surface area contributed by atoms with Crippen LogP contribution >= 0.6 is 12.6 Å². The van der Waals surface area contributed by atoms with Crippen molar-refractivity contribution in [1.82, 2.24) is 0 Å². The molecule has 0 fully saturated rings. The van der Waals surface area contributed by atoms with E-state index in [0.29, 0.717) is 4.75 Å². The number of hydrogen-bond donors (Lipinski definition) is 1. The molecule has 62 valence electrons. The van der Waals surface area contributed by atoms with Crippen LogP contribution in [0.15, 0.2) is 0 Å². The van der Waals surface area contributed by atoms with Gasteiger partial charge in [-0.3, -0.25) is 0 Å². The second kappa shape index (κ2) is 5.06. The molecule has 0 amide bonds. The molecule has 0 heterocycles. The average Bonchev–Trinajstić information content (AvgIpc) is 1.89. The van der Waals surface area contributed by atoms with Crippen molar-refractivity contribution in [2.75, 3.05) is 0 Å². The summed E-state index contributed by atoms with van der Waals surface area (Å²) in [5.41, 5.74) is 0. The van der Waals surface area contributed by atoms with E-state index in [2.05, 4.69) is 33.4 Å². The summed E-state index contributed by atoms with van der Waals surface area (Å²) in [5, 5.41) is 0. The Bertz CT molecular complexity index is 72.8. The highest BCUT2D eigenvalue weighted by Gasteiger charge is 2.19. The van der Waals surface area contributed by atoms with Gasteiger partial charge < -0.3 is 0 Å². The Morgan fingerprint density at radius 3 is 1.60 bits per heavy atom. The summed E-state index contributed by atoms with van der Waals surface area (Å²) in [4.78, 5) is 0. The van der Waals surface area contributed by atoms with Gasteiger partial charge in [-0.25, -0.2) is 0 Å². The fraction of sp³-hybridized carbons (Fsp3) is 1.00. The summed E-state index contributed by atoms with van der Waals surface area (Å²) in [6.45, 7) is 6.70. The zero-order valence-electron chi connectivity index (χ0n) is 7.48. The fourth-order valence-corrected chi connectivity index (χ4v) is 1.86. The van der Waals surface area contributed by atoms with Gasteiger partial charge in [0.05, 0.1) is 0 Å². The maximum atomic E-state index is 4.68. The summed E-state index contributed by atoms with van der Waals surface area (Å²) in [6.07, 6.45) is 6.26. The van der Waals surface area contributed by atoms with Crippen molar-refractivity contribution >= 4 is 12.6 Å². The lowest BCUT2D eigenvalue weighted by Crippen LogP contribution is -2.19. The molecule has 0 unspecified atom stereocenters. The Labute approximate surface area is 70.8 Å². The quantitative estimate of drug-likeness (QED) is 0.583. The molecule has 0 saturated heterocycles. The Morgan fingerprint density at radius 2 is 1.40 bits per heavy atom. The van der Waals surface area contributed by atoms with E-state index < -0.39 is 0 Å². The van der Waals surface area contributed by atoms with E-state index in [1.54, 1.807) is 0 Å². The van der Waals surface area contributed by atoms with Crippen LogP contribution in [0.4, 0.5) is 0 Å². The van der Waals surface area contributed by atoms with Gasteiger partial charge in [0.25, 0.3) is 0 Å². The van der Waals surface area contributed by atoms with Crippen LogP contribution in [0.3, 0.4) is 0 Å². The molecule has 0 aliphatic heterocycles. The fourth-order valence-electron chi connectivity index (χ4n) is 1.41. The Hall–Kier alpha value is 0.350. The first kappa shape index (κ1) is 10.3. The Balaban J connectivity index is 3.69. The molecule has 0 nitrogen and oxygen atoms in total. The van der Waals surface area contributed by atoms with Gasteiger partial charge in [-0.15, -0.1) is 0 Å². The second-order valence-corrected chi connectivity index (χ2v) is 4.03. The predicted octanol–water partition coefficient (Wildman–Crippen LogP) is 3.67. The predicted molar refractivity (Wildman–Crippen MR) is 51.8 cm³/mol. The van der Waals surface area contributed by atoms with Crippen LogP contribution < -0.4 is 0 Å². The van der Waals surface area contributed by atoms with Crippen LogP contribution in [-0.4, -0.2) is 4.75 Å². The average molecular weight is 160 g/mol. The van der Waals surface area contributed by atoms with Gasteiger partial charge in [-0.1, -0.05) is 33.6 Å². The number of hydrogen-bond acceptors (Lipinski definition) is 1. The summed E-state index contributed by atoms with van der Waals surface area (Å²) in [6, 6.07) is 0. The summed E-state index contributed by atoms with van der Waals surface area (Å²) < 4.78 is 0.337. The minimum atomic E-state index is 0.337. The Morgan fingerprint density at radius 1 is 1.00 bits per heavy atom. The van der Waals surface area contributed by atoms with Crippen molar-refractivity contribution in [3.63, 3.8) is 0 Å². The molecule has 0 bridgehead atoms. The molecule has 0 saturated carbocycles. The van der Waals surface area contributed by atoms with Crippen LogP contribution in [-0.2, 0) is 0 Å². The van der Waals surface area contributed by atoms with E-state index in [0.717, 1.165) is 0 Å². The maximum Gasteiger partial charge on any atom is 0.0127 e. The molecule has 0 aliphatic rings. The van der Waals surface area contributed by atoms with E-state index in [4.69, 9.17) is 0 Å². The lowest BCUT2D eigenvalue weighted by molar-refractivity contribution is 0.480. The van der Waals surface area contributed by atoms with E-state index >= 15 is 0 Å². The highest BCUT2D eigenvalue weighted by molar-refractivity contribution is 7.81. The van der Waals surface area contributed by atoms with Crippen molar-refractivity contribution in [1.29, 1.82) is 0 Å². The molecule has 0 aliphatic carbocycles. The SMILES string of the molecule is CCCC(S)(CC)CCC. The first-order chi connectivity index (χ1) is 4.68. The van der Waals surface area contributed by atoms with Crippen LogP contribution in [0, 0.1) is 0 Å². The summed E-state index contributed by atoms with van der Waals surface area (Å²) in [7, 11) is 0. The van der Waals surface area contributed by atoms with Gasteiger partial charge in [0, 0.05) is 4.75 Å². The highest BCUT2D eigenvalue weighted by Crippen LogP contribution is 2.29. The molecule has 0 radical (unpaired) electrons. The summed E-state index contributed by atoms with van der Waals surface area (Å²) in [5.74, 6) is 0. The molecule has 0 aromatic carbocycles. The maximum absolute atomic E-state index is 4.68. The number of thiol groups is 1. The van der Waals surface area contributed by atoms with Crippen molar-refractivity contribution in [2.24, 2.45) is 0 Å². The lowest BCUT2D eigenvalue weighted by atomic mass is 9.94. The highest BCUT2D eigenvalue weighted by atomic mass is 32.1. The largest absolute Gasteiger partial charge is 0.173 e. The first-order valence-corrected chi connectivity index (χ1v) is 4.85. The van der Waals surface area contributed by atoms with Crippen LogP contribution in [0.2, 0.25) is 0 Å². The van der Waals surface area contributed by atoms with Crippen LogP contribution in [0.1, 0.15) is 52.9 Å². The van der Waals surface area contributed by atoms with Crippen molar-refractivity contribution in [3.05, 3.63) is 0 Å². The Kier molecular flexibility index (Phi) is 5.24. The van der Waals surface area contributed by atoms with E-state index in [-0.39, 0.29) is 0 Å². The molecule has 0 atom stereocenters. The lowest BCUT2D eigenvalue weighted by Gasteiger charge is -2.25. The number of rotatable bonds is 5. The monoisotopic (exact) mass is 160 g/mol. The standard InChI is InChI=1S/C9H20S/c1-4-7-9(10,6-3)8-5-2/h10H,4-8H2,1-3H3. The van der Waals surface area contributed by atoms with Gasteiger partial charge in [0.2, 0.25) is 0 Å². The smallest absolute Gasteiger partial charge is 0.0127 e. The zero-order chi connectivity index (χ0) is 8.04. The van der Waals surface area contributed by atoms with Gasteiger partial charge in [-0.05, 0) is 19.3 Å². The van der Waals surface area contributed by atoms with Gasteiger partial charge in [0.1, 0.15) is 0 Å². The van der Waals surface area contributed by atoms with E-state index in [1.165, 1.54) is 32.1 Å². The third-order valence-electron chi connectivity index (χ3n) is 2.09. The molecular weight excluding hydrogens is 140 g/mol. The summed E-state index contributed by atoms with van der Waals surface area (Å²) >= 11 is 4.68. The minimum Gasteiger partial charge on any atom is -0.173 e. The molecule has 0 N–H and O–H groups in total. The topological polar surface area (TPSA) is 0 Å². The molecule has 0 aromatic rings. The van der Waals surface area contributed by atoms with E-state index in [9.17, 15) is 0 Å². The molecule has 1 heteroatoms. The third-order valence-corrected chi connectivity index (χ3v) is 2.85. The molecule has 0 spiro atoms. The molecule has 0 aromatic heterocycles. The zero-order valence-corrected chi connectivity index (χ0v) is 8.38.